The van der Waals surface area contributed by atoms with E-state index in [-0.39, 0.29) is 0 Å². The number of anilines is 2. The molecule has 0 aliphatic rings. The van der Waals surface area contributed by atoms with Crippen LogP contribution in [0.25, 0.3) is 28.1 Å². The Balaban J connectivity index is 1.49. The van der Waals surface area contributed by atoms with Crippen molar-refractivity contribution in [3.8, 4) is 17.1 Å². The average Bonchev–Trinajstić information content (AvgIpc) is 3.20. The van der Waals surface area contributed by atoms with E-state index in [0.717, 1.165) is 28.0 Å². The highest BCUT2D eigenvalue weighted by atomic mass is 19.1. The summed E-state index contributed by atoms with van der Waals surface area (Å²) in [5.41, 5.74) is 5.44. The van der Waals surface area contributed by atoms with Crippen LogP contribution in [0.15, 0.2) is 61.1 Å². The molecule has 0 atom stereocenters. The zero-order valence-corrected chi connectivity index (χ0v) is 16.8. The molecule has 0 saturated carbocycles. The van der Waals surface area contributed by atoms with Crippen LogP contribution in [0.3, 0.4) is 0 Å². The fraction of sp³-hybridized carbons (Fsp3) is 0.0870. The predicted octanol–water partition coefficient (Wildman–Crippen LogP) is 4.57. The molecular formula is C23H17FN7. The number of pyridine rings is 2. The maximum atomic E-state index is 13.6. The van der Waals surface area contributed by atoms with Crippen LogP contribution in [0, 0.1) is 25.9 Å². The van der Waals surface area contributed by atoms with Crippen LogP contribution in [-0.4, -0.2) is 29.7 Å². The molecule has 0 unspecified atom stereocenters. The van der Waals surface area contributed by atoms with Gasteiger partial charge in [-0.25, -0.2) is 15.0 Å². The number of halogens is 1. The van der Waals surface area contributed by atoms with E-state index in [1.54, 1.807) is 12.4 Å². The van der Waals surface area contributed by atoms with Gasteiger partial charge in [0.2, 0.25) is 5.95 Å². The summed E-state index contributed by atoms with van der Waals surface area (Å²) in [6.45, 7) is 3.76. The summed E-state index contributed by atoms with van der Waals surface area (Å²) in [4.78, 5) is 12.9. The first kappa shape index (κ1) is 18.8. The molecule has 7 nitrogen and oxygen atoms in total. The summed E-state index contributed by atoms with van der Waals surface area (Å²) in [5.74, 6) is 0.778. The van der Waals surface area contributed by atoms with Crippen molar-refractivity contribution in [1.29, 1.82) is 0 Å². The van der Waals surface area contributed by atoms with Crippen molar-refractivity contribution >= 4 is 22.5 Å². The van der Waals surface area contributed by atoms with Crippen molar-refractivity contribution in [3.63, 3.8) is 0 Å². The van der Waals surface area contributed by atoms with Gasteiger partial charge in [-0.2, -0.15) is 9.49 Å². The van der Waals surface area contributed by atoms with Crippen molar-refractivity contribution in [3.05, 3.63) is 84.3 Å². The summed E-state index contributed by atoms with van der Waals surface area (Å²) in [7, 11) is 0. The fourth-order valence-electron chi connectivity index (χ4n) is 3.29. The molecule has 0 amide bonds. The number of imidazole rings is 1. The number of aryl methyl sites for hydroxylation is 2. The number of hydrogen-bond donors (Lipinski definition) is 1. The van der Waals surface area contributed by atoms with Gasteiger partial charge in [0.1, 0.15) is 12.1 Å². The highest BCUT2D eigenvalue weighted by Gasteiger charge is 2.11. The van der Waals surface area contributed by atoms with E-state index in [1.807, 2.05) is 54.8 Å². The minimum absolute atomic E-state index is 0.549. The van der Waals surface area contributed by atoms with Gasteiger partial charge >= 0.3 is 0 Å². The van der Waals surface area contributed by atoms with Crippen molar-refractivity contribution in [2.75, 3.05) is 5.32 Å². The van der Waals surface area contributed by atoms with E-state index in [9.17, 15) is 4.39 Å². The van der Waals surface area contributed by atoms with E-state index >= 15 is 0 Å². The lowest BCUT2D eigenvalue weighted by Crippen LogP contribution is -1.99. The second kappa shape index (κ2) is 7.56. The molecule has 5 rings (SSSR count). The molecule has 4 heterocycles. The molecule has 0 spiro atoms. The van der Waals surface area contributed by atoms with Gasteiger partial charge in [-0.15, -0.1) is 5.10 Å². The van der Waals surface area contributed by atoms with Gasteiger partial charge in [0, 0.05) is 29.6 Å². The molecule has 8 heteroatoms. The second-order valence-electron chi connectivity index (χ2n) is 7.12. The molecule has 151 valence electrons. The molecule has 0 fully saturated rings. The van der Waals surface area contributed by atoms with Gasteiger partial charge in [0.05, 0.1) is 22.4 Å². The Hall–Kier alpha value is -4.20. The molecular weight excluding hydrogens is 393 g/mol. The van der Waals surface area contributed by atoms with Crippen LogP contribution in [0.5, 0.6) is 0 Å². The Bertz CT molecular complexity index is 1390. The minimum atomic E-state index is -0.549. The van der Waals surface area contributed by atoms with Crippen LogP contribution in [0.2, 0.25) is 0 Å². The Kier molecular flexibility index (Phi) is 4.59. The van der Waals surface area contributed by atoms with Crippen LogP contribution < -0.4 is 5.32 Å². The molecule has 0 saturated heterocycles. The summed E-state index contributed by atoms with van der Waals surface area (Å²) in [6.07, 6.45) is 3.21. The first-order valence-corrected chi connectivity index (χ1v) is 9.63. The van der Waals surface area contributed by atoms with Gasteiger partial charge in [0.25, 0.3) is 0 Å². The highest BCUT2D eigenvalue weighted by Crippen LogP contribution is 2.25. The van der Waals surface area contributed by atoms with Crippen LogP contribution in [-0.2, 0) is 0 Å². The Morgan fingerprint density at radius 3 is 2.74 bits per heavy atom. The van der Waals surface area contributed by atoms with Gasteiger partial charge < -0.3 is 5.32 Å². The lowest BCUT2D eigenvalue weighted by Gasteiger charge is -2.09. The van der Waals surface area contributed by atoms with Crippen LogP contribution in [0.4, 0.5) is 15.9 Å². The summed E-state index contributed by atoms with van der Waals surface area (Å²) < 4.78 is 15.5. The van der Waals surface area contributed by atoms with Crippen molar-refractivity contribution < 1.29 is 4.39 Å². The second-order valence-corrected chi connectivity index (χ2v) is 7.12. The number of benzene rings is 1. The Morgan fingerprint density at radius 2 is 1.90 bits per heavy atom. The minimum Gasteiger partial charge on any atom is -0.339 e. The zero-order valence-electron chi connectivity index (χ0n) is 16.8. The molecule has 31 heavy (non-hydrogen) atoms. The van der Waals surface area contributed by atoms with E-state index < -0.39 is 5.95 Å². The smallest absolute Gasteiger partial charge is 0.213 e. The molecule has 1 N–H and O–H groups in total. The van der Waals surface area contributed by atoms with E-state index in [1.165, 1.54) is 12.3 Å². The predicted molar refractivity (Wildman–Crippen MR) is 116 cm³/mol. The molecule has 5 aromatic rings. The zero-order chi connectivity index (χ0) is 21.4. The number of nitrogens with zero attached hydrogens (tertiary/aromatic N) is 6. The first-order valence-electron chi connectivity index (χ1n) is 9.63. The standard InChI is InChI=1S/C23H17FN7/c1-14-12-25-21(24)11-17(14)18-4-3-5-23(28-18)31-13-26-19-10-16(7-8-20(19)31)27-22-9-6-15(2)29-30-22/h3,5-13H,1-2H3,(H,27,30). The molecule has 0 bridgehead atoms. The summed E-state index contributed by atoms with van der Waals surface area (Å²) in [6, 6.07) is 17.7. The fourth-order valence-corrected chi connectivity index (χ4v) is 3.29. The molecule has 0 aliphatic carbocycles. The average molecular weight is 410 g/mol. The summed E-state index contributed by atoms with van der Waals surface area (Å²) in [5, 5.41) is 11.4. The number of fused-ring (bicyclic) bond motifs is 1. The number of aromatic nitrogens is 6. The third-order valence-corrected chi connectivity index (χ3v) is 4.87. The van der Waals surface area contributed by atoms with Crippen LogP contribution in [0.1, 0.15) is 11.3 Å². The normalized spacial score (nSPS) is 11.1. The van der Waals surface area contributed by atoms with E-state index in [4.69, 9.17) is 0 Å². The molecule has 0 aliphatic heterocycles. The highest BCUT2D eigenvalue weighted by molar-refractivity contribution is 5.82. The number of rotatable bonds is 4. The van der Waals surface area contributed by atoms with Gasteiger partial charge in [-0.05, 0) is 61.9 Å². The maximum Gasteiger partial charge on any atom is 0.213 e. The quantitative estimate of drug-likeness (QED) is 0.437. The Labute approximate surface area is 177 Å². The van der Waals surface area contributed by atoms with E-state index in [2.05, 4.69) is 36.5 Å². The SMILES string of the molecule is Cc1ccc(Nc2ccc3c(c2)ncn3-c2cc[c]c(-c3cc(F)ncc3C)n2)nn1. The van der Waals surface area contributed by atoms with Gasteiger partial charge in [0.15, 0.2) is 5.82 Å². The lowest BCUT2D eigenvalue weighted by atomic mass is 10.1. The Morgan fingerprint density at radius 1 is 1.00 bits per heavy atom. The maximum absolute atomic E-state index is 13.6. The van der Waals surface area contributed by atoms with Gasteiger partial charge in [-0.1, -0.05) is 0 Å². The van der Waals surface area contributed by atoms with Crippen molar-refractivity contribution in [2.24, 2.45) is 0 Å². The molecule has 1 radical (unpaired) electrons. The molecule has 1 aromatic carbocycles. The van der Waals surface area contributed by atoms with E-state index in [0.29, 0.717) is 22.9 Å². The lowest BCUT2D eigenvalue weighted by molar-refractivity contribution is 0.583. The third-order valence-electron chi connectivity index (χ3n) is 4.87. The monoisotopic (exact) mass is 410 g/mol. The number of hydrogen-bond acceptors (Lipinski definition) is 6. The molecule has 4 aromatic heterocycles. The van der Waals surface area contributed by atoms with Crippen LogP contribution >= 0.6 is 0 Å². The first-order chi connectivity index (χ1) is 15.1. The largest absolute Gasteiger partial charge is 0.339 e. The number of nitrogens with one attached hydrogen (secondary N) is 1. The van der Waals surface area contributed by atoms with Crippen molar-refractivity contribution in [2.45, 2.75) is 13.8 Å². The third kappa shape index (κ3) is 3.71. The van der Waals surface area contributed by atoms with Crippen molar-refractivity contribution in [1.82, 2.24) is 29.7 Å². The summed E-state index contributed by atoms with van der Waals surface area (Å²) >= 11 is 0. The van der Waals surface area contributed by atoms with Gasteiger partial charge in [-0.3, -0.25) is 4.57 Å². The topological polar surface area (TPSA) is 81.4 Å².